The van der Waals surface area contributed by atoms with Crippen LogP contribution in [0.2, 0.25) is 0 Å². The quantitative estimate of drug-likeness (QED) is 0.670. The van der Waals surface area contributed by atoms with Gasteiger partial charge in [-0.3, -0.25) is 9.59 Å². The van der Waals surface area contributed by atoms with E-state index in [0.717, 1.165) is 18.4 Å². The summed E-state index contributed by atoms with van der Waals surface area (Å²) in [6.07, 6.45) is 2.87. The van der Waals surface area contributed by atoms with Gasteiger partial charge in [0.15, 0.2) is 0 Å². The third-order valence-corrected chi connectivity index (χ3v) is 3.55. The molecule has 0 bridgehead atoms. The molecular weight excluding hydrogens is 296 g/mol. The van der Waals surface area contributed by atoms with E-state index in [0.29, 0.717) is 26.1 Å². The molecule has 0 spiro atoms. The monoisotopic (exact) mass is 322 g/mol. The van der Waals surface area contributed by atoms with Gasteiger partial charge < -0.3 is 14.6 Å². The predicted octanol–water partition coefficient (Wildman–Crippen LogP) is 3.24. The molecule has 1 atom stereocenters. The summed E-state index contributed by atoms with van der Waals surface area (Å²) < 4.78 is 9.99. The molecule has 1 unspecified atom stereocenters. The summed E-state index contributed by atoms with van der Waals surface area (Å²) in [7, 11) is 0. The Kier molecular flexibility index (Phi) is 8.80. The number of benzene rings is 1. The topological polar surface area (TPSA) is 72.8 Å². The van der Waals surface area contributed by atoms with Crippen molar-refractivity contribution in [3.63, 3.8) is 0 Å². The van der Waals surface area contributed by atoms with Gasteiger partial charge in [0.1, 0.15) is 5.75 Å². The third-order valence-electron chi connectivity index (χ3n) is 3.55. The first-order chi connectivity index (χ1) is 11.1. The van der Waals surface area contributed by atoms with Gasteiger partial charge in [0.25, 0.3) is 0 Å². The molecule has 0 aliphatic rings. The summed E-state index contributed by atoms with van der Waals surface area (Å²) >= 11 is 0. The van der Waals surface area contributed by atoms with Crippen LogP contribution in [0.4, 0.5) is 0 Å². The molecule has 1 aromatic rings. The summed E-state index contributed by atoms with van der Waals surface area (Å²) in [5.41, 5.74) is 1.03. The standard InChI is InChI=1S/C18H26O5/c1-3-22-17(20)12-11-15(18(21)23-4-2)9-5-7-14-8-6-10-16(19)13-14/h6,8,10,13,15,19H,3-5,7,9,11-12H2,1-2H3. The van der Waals surface area contributed by atoms with Gasteiger partial charge >= 0.3 is 11.9 Å². The van der Waals surface area contributed by atoms with Crippen molar-refractivity contribution in [2.75, 3.05) is 13.2 Å². The Morgan fingerprint density at radius 2 is 1.87 bits per heavy atom. The lowest BCUT2D eigenvalue weighted by Crippen LogP contribution is -2.20. The summed E-state index contributed by atoms with van der Waals surface area (Å²) in [6, 6.07) is 7.09. The van der Waals surface area contributed by atoms with E-state index in [9.17, 15) is 14.7 Å². The fourth-order valence-corrected chi connectivity index (χ4v) is 2.43. The van der Waals surface area contributed by atoms with Crippen molar-refractivity contribution in [3.8, 4) is 5.75 Å². The second-order valence-electron chi connectivity index (χ2n) is 5.35. The molecule has 5 heteroatoms. The Labute approximate surface area is 137 Å². The molecule has 0 fully saturated rings. The second kappa shape index (κ2) is 10.6. The van der Waals surface area contributed by atoms with Crippen LogP contribution in [0.3, 0.4) is 0 Å². The molecule has 1 aromatic carbocycles. The Morgan fingerprint density at radius 1 is 1.13 bits per heavy atom. The zero-order valence-corrected chi connectivity index (χ0v) is 13.9. The minimum Gasteiger partial charge on any atom is -0.508 e. The molecule has 5 nitrogen and oxygen atoms in total. The summed E-state index contributed by atoms with van der Waals surface area (Å²) in [5, 5.41) is 9.45. The fraction of sp³-hybridized carbons (Fsp3) is 0.556. The van der Waals surface area contributed by atoms with Crippen LogP contribution in [0.15, 0.2) is 24.3 Å². The van der Waals surface area contributed by atoms with Crippen molar-refractivity contribution in [2.24, 2.45) is 5.92 Å². The molecule has 1 N–H and O–H groups in total. The van der Waals surface area contributed by atoms with Crippen LogP contribution < -0.4 is 0 Å². The number of aromatic hydroxyl groups is 1. The SMILES string of the molecule is CCOC(=O)CCC(CCCc1cccc(O)c1)C(=O)OCC. The Morgan fingerprint density at radius 3 is 2.52 bits per heavy atom. The van der Waals surface area contributed by atoms with E-state index in [2.05, 4.69) is 0 Å². The van der Waals surface area contributed by atoms with E-state index in [1.165, 1.54) is 0 Å². The first-order valence-electron chi connectivity index (χ1n) is 8.17. The van der Waals surface area contributed by atoms with Gasteiger partial charge in [-0.15, -0.1) is 0 Å². The number of hydrogen-bond acceptors (Lipinski definition) is 5. The molecule has 0 heterocycles. The largest absolute Gasteiger partial charge is 0.508 e. The van der Waals surface area contributed by atoms with Crippen molar-refractivity contribution in [1.82, 2.24) is 0 Å². The van der Waals surface area contributed by atoms with Crippen LogP contribution >= 0.6 is 0 Å². The minimum atomic E-state index is -0.295. The maximum absolute atomic E-state index is 12.0. The van der Waals surface area contributed by atoms with Gasteiger partial charge in [0.2, 0.25) is 0 Å². The molecule has 23 heavy (non-hydrogen) atoms. The molecule has 1 rings (SSSR count). The lowest BCUT2D eigenvalue weighted by Gasteiger charge is -2.15. The van der Waals surface area contributed by atoms with Gasteiger partial charge in [-0.05, 0) is 57.2 Å². The van der Waals surface area contributed by atoms with E-state index >= 15 is 0 Å². The highest BCUT2D eigenvalue weighted by molar-refractivity contribution is 5.74. The third kappa shape index (κ3) is 7.68. The number of carbonyl (C=O) groups is 2. The molecular formula is C18H26O5. The fourth-order valence-electron chi connectivity index (χ4n) is 2.43. The smallest absolute Gasteiger partial charge is 0.308 e. The van der Waals surface area contributed by atoms with Gasteiger partial charge in [-0.2, -0.15) is 0 Å². The van der Waals surface area contributed by atoms with Crippen LogP contribution in [-0.2, 0) is 25.5 Å². The average molecular weight is 322 g/mol. The number of carbonyl (C=O) groups excluding carboxylic acids is 2. The predicted molar refractivity (Wildman–Crippen MR) is 87.0 cm³/mol. The van der Waals surface area contributed by atoms with Crippen LogP contribution in [0, 0.1) is 5.92 Å². The zero-order chi connectivity index (χ0) is 17.1. The van der Waals surface area contributed by atoms with Crippen molar-refractivity contribution >= 4 is 11.9 Å². The van der Waals surface area contributed by atoms with Crippen LogP contribution in [0.5, 0.6) is 5.75 Å². The second-order valence-corrected chi connectivity index (χ2v) is 5.35. The van der Waals surface area contributed by atoms with Crippen molar-refractivity contribution < 1.29 is 24.2 Å². The number of phenolic OH excluding ortho intramolecular Hbond substituents is 1. The highest BCUT2D eigenvalue weighted by atomic mass is 16.5. The molecule has 0 radical (unpaired) electrons. The number of ether oxygens (including phenoxy) is 2. The maximum atomic E-state index is 12.0. The molecule has 0 saturated heterocycles. The molecule has 0 aliphatic heterocycles. The van der Waals surface area contributed by atoms with Gasteiger partial charge in [-0.25, -0.2) is 0 Å². The Bertz CT molecular complexity index is 498. The van der Waals surface area contributed by atoms with Crippen molar-refractivity contribution in [2.45, 2.75) is 46.0 Å². The lowest BCUT2D eigenvalue weighted by molar-refractivity contribution is -0.149. The average Bonchev–Trinajstić information content (AvgIpc) is 2.51. The first-order valence-corrected chi connectivity index (χ1v) is 8.17. The van der Waals surface area contributed by atoms with E-state index in [1.807, 2.05) is 6.07 Å². The molecule has 128 valence electrons. The number of phenols is 1. The van der Waals surface area contributed by atoms with Gasteiger partial charge in [-0.1, -0.05) is 12.1 Å². The molecule has 0 amide bonds. The summed E-state index contributed by atoms with van der Waals surface area (Å²) in [4.78, 5) is 23.5. The van der Waals surface area contributed by atoms with E-state index in [1.54, 1.807) is 32.0 Å². The van der Waals surface area contributed by atoms with E-state index in [-0.39, 0.29) is 30.0 Å². The number of aryl methyl sites for hydroxylation is 1. The zero-order valence-electron chi connectivity index (χ0n) is 13.9. The number of esters is 2. The summed E-state index contributed by atoms with van der Waals surface area (Å²) in [5.74, 6) is -0.592. The highest BCUT2D eigenvalue weighted by Gasteiger charge is 2.21. The highest BCUT2D eigenvalue weighted by Crippen LogP contribution is 2.19. The number of rotatable bonds is 10. The van der Waals surface area contributed by atoms with Gasteiger partial charge in [0, 0.05) is 6.42 Å². The van der Waals surface area contributed by atoms with Gasteiger partial charge in [0.05, 0.1) is 19.1 Å². The van der Waals surface area contributed by atoms with Crippen molar-refractivity contribution in [1.29, 1.82) is 0 Å². The normalized spacial score (nSPS) is 11.7. The van der Waals surface area contributed by atoms with Crippen molar-refractivity contribution in [3.05, 3.63) is 29.8 Å². The van der Waals surface area contributed by atoms with Crippen LogP contribution in [0.25, 0.3) is 0 Å². The molecule has 0 aliphatic carbocycles. The first kappa shape index (κ1) is 19.0. The Balaban J connectivity index is 2.48. The van der Waals surface area contributed by atoms with E-state index in [4.69, 9.17) is 9.47 Å². The minimum absolute atomic E-state index is 0.226. The van der Waals surface area contributed by atoms with Crippen LogP contribution in [-0.4, -0.2) is 30.3 Å². The Hall–Kier alpha value is -2.04. The lowest BCUT2D eigenvalue weighted by atomic mass is 9.95. The summed E-state index contributed by atoms with van der Waals surface area (Å²) in [6.45, 7) is 4.21. The molecule has 0 saturated carbocycles. The van der Waals surface area contributed by atoms with Crippen LogP contribution in [0.1, 0.15) is 45.1 Å². The number of hydrogen-bond donors (Lipinski definition) is 1. The maximum Gasteiger partial charge on any atom is 0.308 e. The van der Waals surface area contributed by atoms with E-state index < -0.39 is 0 Å². The molecule has 0 aromatic heterocycles.